The molecule has 0 unspecified atom stereocenters. The second-order valence-corrected chi connectivity index (χ2v) is 5.77. The highest BCUT2D eigenvalue weighted by Gasteiger charge is 1.99. The van der Waals surface area contributed by atoms with Gasteiger partial charge in [0.25, 0.3) is 0 Å². The molecule has 0 aromatic heterocycles. The third kappa shape index (κ3) is 13.6. The molecule has 0 spiro atoms. The van der Waals surface area contributed by atoms with Crippen LogP contribution in [0.4, 0.5) is 0 Å². The van der Waals surface area contributed by atoms with E-state index in [9.17, 15) is 4.79 Å². The molecule has 1 N–H and O–H groups in total. The number of carboxylic acids is 1. The molecular formula is C18H34O2. The van der Waals surface area contributed by atoms with Crippen molar-refractivity contribution in [2.45, 2.75) is 97.3 Å². The molecule has 0 aliphatic rings. The van der Waals surface area contributed by atoms with Crippen LogP contribution in [0.25, 0.3) is 0 Å². The maximum atomic E-state index is 10.4. The number of carbonyl (C=O) groups is 1. The van der Waals surface area contributed by atoms with Crippen LogP contribution in [-0.2, 0) is 4.79 Å². The van der Waals surface area contributed by atoms with Gasteiger partial charge in [-0.2, -0.15) is 0 Å². The van der Waals surface area contributed by atoms with Gasteiger partial charge in [-0.3, -0.25) is 4.79 Å². The molecule has 2 heteroatoms. The van der Waals surface area contributed by atoms with Crippen molar-refractivity contribution < 1.29 is 9.90 Å². The first-order valence-electron chi connectivity index (χ1n) is 8.60. The zero-order chi connectivity index (χ0) is 15.1. The highest BCUT2D eigenvalue weighted by molar-refractivity contribution is 5.66. The molecule has 0 radical (unpaired) electrons. The Morgan fingerprint density at radius 3 is 1.85 bits per heavy atom. The molecule has 0 rings (SSSR count). The molecular weight excluding hydrogens is 248 g/mol. The molecule has 118 valence electrons. The minimum absolute atomic E-state index is 0.323. The number of hydrogen-bond donors (Lipinski definition) is 1. The van der Waals surface area contributed by atoms with E-state index in [4.69, 9.17) is 5.11 Å². The lowest BCUT2D eigenvalue weighted by Crippen LogP contribution is -1.93. The molecule has 0 aliphatic carbocycles. The van der Waals surface area contributed by atoms with Gasteiger partial charge in [0.05, 0.1) is 0 Å². The fourth-order valence-electron chi connectivity index (χ4n) is 2.44. The van der Waals surface area contributed by atoms with Crippen LogP contribution in [0.15, 0.2) is 11.6 Å². The van der Waals surface area contributed by atoms with E-state index in [1.165, 1.54) is 51.4 Å². The molecule has 0 fully saturated rings. The number of aliphatic carboxylic acids is 1. The van der Waals surface area contributed by atoms with Crippen LogP contribution >= 0.6 is 0 Å². The lowest BCUT2D eigenvalue weighted by Gasteiger charge is -2.07. The van der Waals surface area contributed by atoms with E-state index in [-0.39, 0.29) is 0 Å². The second kappa shape index (κ2) is 14.6. The fraction of sp³-hybridized carbons (Fsp3) is 0.833. The maximum absolute atomic E-state index is 10.4. The average Bonchev–Trinajstić information content (AvgIpc) is 2.42. The Balaban J connectivity index is 3.83. The van der Waals surface area contributed by atoms with Crippen molar-refractivity contribution in [1.82, 2.24) is 0 Å². The van der Waals surface area contributed by atoms with Gasteiger partial charge in [-0.05, 0) is 44.9 Å². The Hall–Kier alpha value is -0.790. The van der Waals surface area contributed by atoms with E-state index < -0.39 is 5.97 Å². The SMILES string of the molecule is CCCCCC(=CCCCCCC(=O)O)CCCCC. The van der Waals surface area contributed by atoms with Crippen LogP contribution in [0.2, 0.25) is 0 Å². The molecule has 2 nitrogen and oxygen atoms in total. The van der Waals surface area contributed by atoms with Gasteiger partial charge in [-0.1, -0.05) is 57.6 Å². The number of allylic oxidation sites excluding steroid dienone is 2. The minimum Gasteiger partial charge on any atom is -0.481 e. The lowest BCUT2D eigenvalue weighted by molar-refractivity contribution is -0.137. The summed E-state index contributed by atoms with van der Waals surface area (Å²) in [6.07, 6.45) is 17.3. The molecule has 0 aliphatic heterocycles. The van der Waals surface area contributed by atoms with Crippen LogP contribution in [0.5, 0.6) is 0 Å². The van der Waals surface area contributed by atoms with Gasteiger partial charge >= 0.3 is 5.97 Å². The van der Waals surface area contributed by atoms with Crippen LogP contribution in [0.1, 0.15) is 97.3 Å². The number of carboxylic acid groups (broad SMARTS) is 1. The summed E-state index contributed by atoms with van der Waals surface area (Å²) in [6, 6.07) is 0. The molecule has 0 amide bonds. The largest absolute Gasteiger partial charge is 0.481 e. The summed E-state index contributed by atoms with van der Waals surface area (Å²) in [5, 5.41) is 8.59. The highest BCUT2D eigenvalue weighted by atomic mass is 16.4. The Kier molecular flexibility index (Phi) is 14.0. The van der Waals surface area contributed by atoms with E-state index in [0.717, 1.165) is 25.7 Å². The quantitative estimate of drug-likeness (QED) is 0.308. The predicted octanol–water partition coefficient (Wildman–Crippen LogP) is 6.11. The highest BCUT2D eigenvalue weighted by Crippen LogP contribution is 2.18. The normalized spacial score (nSPS) is 10.5. The van der Waals surface area contributed by atoms with Gasteiger partial charge in [0.2, 0.25) is 0 Å². The van der Waals surface area contributed by atoms with Gasteiger partial charge in [-0.25, -0.2) is 0 Å². The van der Waals surface area contributed by atoms with Crippen molar-refractivity contribution in [3.05, 3.63) is 11.6 Å². The molecule has 0 saturated heterocycles. The summed E-state index contributed by atoms with van der Waals surface area (Å²) >= 11 is 0. The third-order valence-corrected chi connectivity index (χ3v) is 3.73. The Bertz CT molecular complexity index is 244. The van der Waals surface area contributed by atoms with Crippen LogP contribution in [0, 0.1) is 0 Å². The summed E-state index contributed by atoms with van der Waals surface area (Å²) < 4.78 is 0. The van der Waals surface area contributed by atoms with E-state index in [2.05, 4.69) is 19.9 Å². The molecule has 0 aromatic carbocycles. The molecule has 0 saturated carbocycles. The molecule has 0 heterocycles. The van der Waals surface area contributed by atoms with Gasteiger partial charge < -0.3 is 5.11 Å². The summed E-state index contributed by atoms with van der Waals surface area (Å²) in [7, 11) is 0. The number of rotatable bonds is 14. The summed E-state index contributed by atoms with van der Waals surface area (Å²) in [5.74, 6) is -0.666. The minimum atomic E-state index is -0.666. The number of unbranched alkanes of at least 4 members (excludes halogenated alkanes) is 7. The summed E-state index contributed by atoms with van der Waals surface area (Å²) in [5.41, 5.74) is 1.64. The molecule has 0 atom stereocenters. The van der Waals surface area contributed by atoms with E-state index in [1.807, 2.05) is 0 Å². The zero-order valence-corrected chi connectivity index (χ0v) is 13.6. The molecule has 0 aromatic rings. The van der Waals surface area contributed by atoms with E-state index >= 15 is 0 Å². The topological polar surface area (TPSA) is 37.3 Å². The first-order chi connectivity index (χ1) is 9.70. The van der Waals surface area contributed by atoms with Gasteiger partial charge in [0.15, 0.2) is 0 Å². The fourth-order valence-corrected chi connectivity index (χ4v) is 2.44. The predicted molar refractivity (Wildman–Crippen MR) is 87.1 cm³/mol. The standard InChI is InChI=1S/C18H34O2/c1-3-5-9-13-17(14-10-6-4-2)15-11-7-8-12-16-18(19)20/h15H,3-14,16H2,1-2H3,(H,19,20). The van der Waals surface area contributed by atoms with Crippen molar-refractivity contribution in [1.29, 1.82) is 0 Å². The van der Waals surface area contributed by atoms with Crippen LogP contribution in [0.3, 0.4) is 0 Å². The Morgan fingerprint density at radius 1 is 0.800 bits per heavy atom. The molecule has 20 heavy (non-hydrogen) atoms. The average molecular weight is 282 g/mol. The van der Waals surface area contributed by atoms with Crippen molar-refractivity contribution in [2.75, 3.05) is 0 Å². The van der Waals surface area contributed by atoms with E-state index in [1.54, 1.807) is 5.57 Å². The lowest BCUT2D eigenvalue weighted by atomic mass is 9.99. The van der Waals surface area contributed by atoms with Gasteiger partial charge in [0, 0.05) is 6.42 Å². The molecule has 0 bridgehead atoms. The first-order valence-corrected chi connectivity index (χ1v) is 8.60. The first kappa shape index (κ1) is 19.2. The Labute approximate surface area is 125 Å². The zero-order valence-electron chi connectivity index (χ0n) is 13.6. The van der Waals surface area contributed by atoms with Crippen LogP contribution in [-0.4, -0.2) is 11.1 Å². The van der Waals surface area contributed by atoms with Crippen molar-refractivity contribution in [2.24, 2.45) is 0 Å². The third-order valence-electron chi connectivity index (χ3n) is 3.73. The monoisotopic (exact) mass is 282 g/mol. The smallest absolute Gasteiger partial charge is 0.303 e. The van der Waals surface area contributed by atoms with Crippen molar-refractivity contribution in [3.8, 4) is 0 Å². The van der Waals surface area contributed by atoms with Crippen molar-refractivity contribution in [3.63, 3.8) is 0 Å². The maximum Gasteiger partial charge on any atom is 0.303 e. The van der Waals surface area contributed by atoms with Crippen LogP contribution < -0.4 is 0 Å². The Morgan fingerprint density at radius 2 is 1.35 bits per heavy atom. The van der Waals surface area contributed by atoms with E-state index in [0.29, 0.717) is 6.42 Å². The summed E-state index contributed by atoms with van der Waals surface area (Å²) in [6.45, 7) is 4.51. The second-order valence-electron chi connectivity index (χ2n) is 5.77. The summed E-state index contributed by atoms with van der Waals surface area (Å²) in [4.78, 5) is 10.4. The van der Waals surface area contributed by atoms with Gasteiger partial charge in [-0.15, -0.1) is 0 Å². The number of hydrogen-bond acceptors (Lipinski definition) is 1. The van der Waals surface area contributed by atoms with Gasteiger partial charge in [0.1, 0.15) is 0 Å². The van der Waals surface area contributed by atoms with Crippen molar-refractivity contribution >= 4 is 5.97 Å².